The maximum atomic E-state index is 13.3. The topological polar surface area (TPSA) is 68.2 Å². The maximum absolute atomic E-state index is 13.3. The van der Waals surface area contributed by atoms with E-state index in [4.69, 9.17) is 4.74 Å². The summed E-state index contributed by atoms with van der Waals surface area (Å²) in [7, 11) is 0. The van der Waals surface area contributed by atoms with Crippen molar-refractivity contribution in [2.24, 2.45) is 0 Å². The molecule has 1 aromatic carbocycles. The van der Waals surface area contributed by atoms with E-state index in [-0.39, 0.29) is 24.4 Å². The predicted molar refractivity (Wildman–Crippen MR) is 96.1 cm³/mol. The molecule has 1 atom stereocenters. The SMILES string of the molecule is CCOc1cc(F)ccc1NC(=O)c1ccn(C2CCCNC2)n1.Cl. The first kappa shape index (κ1) is 19.2. The highest BCUT2D eigenvalue weighted by molar-refractivity contribution is 6.03. The zero-order valence-electron chi connectivity index (χ0n) is 14.0. The van der Waals surface area contributed by atoms with Gasteiger partial charge in [0.25, 0.3) is 5.91 Å². The molecule has 0 radical (unpaired) electrons. The van der Waals surface area contributed by atoms with Crippen molar-refractivity contribution < 1.29 is 13.9 Å². The Kier molecular flexibility index (Phi) is 6.78. The fraction of sp³-hybridized carbons (Fsp3) is 0.412. The molecule has 136 valence electrons. The number of hydrogen-bond acceptors (Lipinski definition) is 4. The van der Waals surface area contributed by atoms with Crippen LogP contribution in [0.1, 0.15) is 36.3 Å². The molecule has 1 aliphatic heterocycles. The number of aromatic nitrogens is 2. The molecule has 1 fully saturated rings. The van der Waals surface area contributed by atoms with E-state index in [0.29, 0.717) is 23.7 Å². The maximum Gasteiger partial charge on any atom is 0.276 e. The molecule has 1 amide bonds. The molecular weight excluding hydrogens is 347 g/mol. The summed E-state index contributed by atoms with van der Waals surface area (Å²) in [6.45, 7) is 4.07. The molecule has 0 bridgehead atoms. The van der Waals surface area contributed by atoms with Crippen LogP contribution in [-0.4, -0.2) is 35.4 Å². The van der Waals surface area contributed by atoms with Gasteiger partial charge in [-0.25, -0.2) is 4.39 Å². The molecule has 25 heavy (non-hydrogen) atoms. The Balaban J connectivity index is 0.00000225. The molecule has 1 aliphatic rings. The Morgan fingerprint density at radius 2 is 2.32 bits per heavy atom. The van der Waals surface area contributed by atoms with E-state index in [0.717, 1.165) is 25.9 Å². The van der Waals surface area contributed by atoms with E-state index in [1.165, 1.54) is 18.2 Å². The lowest BCUT2D eigenvalue weighted by Gasteiger charge is -2.22. The van der Waals surface area contributed by atoms with E-state index < -0.39 is 5.82 Å². The average Bonchev–Trinajstić information content (AvgIpc) is 3.08. The van der Waals surface area contributed by atoms with Crippen molar-refractivity contribution in [1.82, 2.24) is 15.1 Å². The third-order valence-corrected chi connectivity index (χ3v) is 3.98. The summed E-state index contributed by atoms with van der Waals surface area (Å²) in [5.41, 5.74) is 0.754. The summed E-state index contributed by atoms with van der Waals surface area (Å²) in [5, 5.41) is 10.4. The van der Waals surface area contributed by atoms with E-state index in [2.05, 4.69) is 15.7 Å². The number of carbonyl (C=O) groups excluding carboxylic acids is 1. The van der Waals surface area contributed by atoms with E-state index in [9.17, 15) is 9.18 Å². The van der Waals surface area contributed by atoms with Crippen molar-refractivity contribution in [2.45, 2.75) is 25.8 Å². The number of ether oxygens (including phenoxy) is 1. The molecule has 0 saturated carbocycles. The van der Waals surface area contributed by atoms with Crippen molar-refractivity contribution in [3.05, 3.63) is 42.0 Å². The van der Waals surface area contributed by atoms with Crippen molar-refractivity contribution in [3.8, 4) is 5.75 Å². The molecule has 6 nitrogen and oxygen atoms in total. The highest BCUT2D eigenvalue weighted by atomic mass is 35.5. The molecule has 8 heteroatoms. The van der Waals surface area contributed by atoms with Crippen LogP contribution in [0.2, 0.25) is 0 Å². The van der Waals surface area contributed by atoms with Gasteiger partial charge in [-0.05, 0) is 44.5 Å². The smallest absolute Gasteiger partial charge is 0.276 e. The van der Waals surface area contributed by atoms with Gasteiger partial charge in [0, 0.05) is 18.8 Å². The molecule has 0 aliphatic carbocycles. The van der Waals surface area contributed by atoms with Gasteiger partial charge in [0.1, 0.15) is 11.6 Å². The highest BCUT2D eigenvalue weighted by Crippen LogP contribution is 2.26. The molecule has 1 unspecified atom stereocenters. The second kappa shape index (κ2) is 8.82. The number of anilines is 1. The van der Waals surface area contributed by atoms with Crippen LogP contribution < -0.4 is 15.4 Å². The average molecular weight is 369 g/mol. The van der Waals surface area contributed by atoms with Crippen LogP contribution in [0.5, 0.6) is 5.75 Å². The van der Waals surface area contributed by atoms with E-state index in [1.54, 1.807) is 13.0 Å². The minimum atomic E-state index is -0.412. The van der Waals surface area contributed by atoms with Gasteiger partial charge in [-0.3, -0.25) is 9.48 Å². The summed E-state index contributed by atoms with van der Waals surface area (Å²) in [6, 6.07) is 5.98. The van der Waals surface area contributed by atoms with Gasteiger partial charge in [0.05, 0.1) is 18.3 Å². The molecule has 2 heterocycles. The number of amides is 1. The van der Waals surface area contributed by atoms with Gasteiger partial charge in [-0.2, -0.15) is 5.10 Å². The highest BCUT2D eigenvalue weighted by Gasteiger charge is 2.18. The molecule has 1 saturated heterocycles. The lowest BCUT2D eigenvalue weighted by atomic mass is 10.1. The van der Waals surface area contributed by atoms with E-state index in [1.807, 2.05) is 10.9 Å². The van der Waals surface area contributed by atoms with Crippen LogP contribution in [0.3, 0.4) is 0 Å². The van der Waals surface area contributed by atoms with Crippen molar-refractivity contribution >= 4 is 24.0 Å². The van der Waals surface area contributed by atoms with Crippen molar-refractivity contribution in [3.63, 3.8) is 0 Å². The molecule has 1 aromatic heterocycles. The number of rotatable bonds is 5. The Morgan fingerprint density at radius 1 is 1.48 bits per heavy atom. The van der Waals surface area contributed by atoms with Crippen molar-refractivity contribution in [2.75, 3.05) is 25.0 Å². The van der Waals surface area contributed by atoms with Crippen LogP contribution in [0, 0.1) is 5.82 Å². The zero-order chi connectivity index (χ0) is 16.9. The first-order valence-electron chi connectivity index (χ1n) is 8.17. The summed E-state index contributed by atoms with van der Waals surface area (Å²) in [6.07, 6.45) is 3.96. The fourth-order valence-corrected chi connectivity index (χ4v) is 2.78. The third-order valence-electron chi connectivity index (χ3n) is 3.98. The standard InChI is InChI=1S/C17H21FN4O2.ClH/c1-2-24-16-10-12(18)5-6-14(16)20-17(23)15-7-9-22(21-15)13-4-3-8-19-11-13;/h5-7,9-10,13,19H,2-4,8,11H2,1H3,(H,20,23);1H. The lowest BCUT2D eigenvalue weighted by Crippen LogP contribution is -2.32. The first-order chi connectivity index (χ1) is 11.7. The number of nitrogens with zero attached hydrogens (tertiary/aromatic N) is 2. The first-order valence-corrected chi connectivity index (χ1v) is 8.17. The number of benzene rings is 1. The Morgan fingerprint density at radius 3 is 3.04 bits per heavy atom. The summed E-state index contributed by atoms with van der Waals surface area (Å²) >= 11 is 0. The van der Waals surface area contributed by atoms with Crippen LogP contribution >= 0.6 is 12.4 Å². The lowest BCUT2D eigenvalue weighted by molar-refractivity contribution is 0.102. The fourth-order valence-electron chi connectivity index (χ4n) is 2.78. The number of piperidine rings is 1. The van der Waals surface area contributed by atoms with Gasteiger partial charge >= 0.3 is 0 Å². The summed E-state index contributed by atoms with van der Waals surface area (Å²) in [5.74, 6) is -0.447. The van der Waals surface area contributed by atoms with Crippen LogP contribution in [0.4, 0.5) is 10.1 Å². The number of carbonyl (C=O) groups is 1. The van der Waals surface area contributed by atoms with Crippen molar-refractivity contribution in [1.29, 1.82) is 0 Å². The van der Waals surface area contributed by atoms with Gasteiger partial charge in [-0.1, -0.05) is 0 Å². The van der Waals surface area contributed by atoms with Gasteiger partial charge in [0.15, 0.2) is 5.69 Å². The Bertz CT molecular complexity index is 716. The second-order valence-corrected chi connectivity index (χ2v) is 5.71. The van der Waals surface area contributed by atoms with Crippen LogP contribution in [0.15, 0.2) is 30.5 Å². The minimum Gasteiger partial charge on any atom is -0.492 e. The summed E-state index contributed by atoms with van der Waals surface area (Å²) in [4.78, 5) is 12.4. The van der Waals surface area contributed by atoms with Gasteiger partial charge in [0.2, 0.25) is 0 Å². The monoisotopic (exact) mass is 368 g/mol. The molecule has 2 aromatic rings. The second-order valence-electron chi connectivity index (χ2n) is 5.71. The van der Waals surface area contributed by atoms with Crippen LogP contribution in [-0.2, 0) is 0 Å². The van der Waals surface area contributed by atoms with Gasteiger partial charge in [-0.15, -0.1) is 12.4 Å². The molecule has 0 spiro atoms. The molecule has 2 N–H and O–H groups in total. The Labute approximate surface area is 152 Å². The van der Waals surface area contributed by atoms with E-state index >= 15 is 0 Å². The largest absolute Gasteiger partial charge is 0.492 e. The molecular formula is C17H22ClFN4O2. The quantitative estimate of drug-likeness (QED) is 0.851. The van der Waals surface area contributed by atoms with Gasteiger partial charge < -0.3 is 15.4 Å². The number of halogens is 2. The Hall–Kier alpha value is -2.12. The predicted octanol–water partition coefficient (Wildman–Crippen LogP) is 3.02. The normalized spacial score (nSPS) is 16.8. The van der Waals surface area contributed by atoms with Crippen LogP contribution in [0.25, 0.3) is 0 Å². The minimum absolute atomic E-state index is 0. The molecule has 3 rings (SSSR count). The number of nitrogens with one attached hydrogen (secondary N) is 2. The zero-order valence-corrected chi connectivity index (χ0v) is 14.8. The number of hydrogen-bond donors (Lipinski definition) is 2. The third kappa shape index (κ3) is 4.70. The summed E-state index contributed by atoms with van der Waals surface area (Å²) < 4.78 is 20.5.